The van der Waals surface area contributed by atoms with Gasteiger partial charge in [0.2, 0.25) is 5.91 Å². The normalized spacial score (nSPS) is 16.0. The van der Waals surface area contributed by atoms with Crippen LogP contribution in [0.5, 0.6) is 0 Å². The van der Waals surface area contributed by atoms with Crippen LogP contribution >= 0.6 is 0 Å². The largest absolute Gasteiger partial charge is 0.371 e. The van der Waals surface area contributed by atoms with E-state index >= 15 is 0 Å². The Morgan fingerprint density at radius 3 is 2.55 bits per heavy atom. The predicted molar refractivity (Wildman–Crippen MR) is 125 cm³/mol. The minimum Gasteiger partial charge on any atom is -0.371 e. The van der Waals surface area contributed by atoms with Crippen molar-refractivity contribution in [2.24, 2.45) is 0 Å². The first-order valence-electron chi connectivity index (χ1n) is 10.7. The van der Waals surface area contributed by atoms with Crippen molar-refractivity contribution in [1.82, 2.24) is 10.3 Å². The number of hydrogen-bond acceptors (Lipinski definition) is 5. The molecule has 1 aromatic carbocycles. The van der Waals surface area contributed by atoms with E-state index in [1.807, 2.05) is 19.2 Å². The number of hydrogen-bond donors (Lipinski definition) is 1. The smallest absolute Gasteiger partial charge is 0.220 e. The molecule has 1 unspecified atom stereocenters. The van der Waals surface area contributed by atoms with Crippen LogP contribution in [0.3, 0.4) is 0 Å². The second-order valence-electron chi connectivity index (χ2n) is 8.15. The van der Waals surface area contributed by atoms with Crippen molar-refractivity contribution in [1.29, 1.82) is 0 Å². The molecule has 2 aromatic rings. The van der Waals surface area contributed by atoms with Gasteiger partial charge in [-0.3, -0.25) is 9.78 Å². The summed E-state index contributed by atoms with van der Waals surface area (Å²) in [4.78, 5) is 19.2. The average molecular weight is 442 g/mol. The summed E-state index contributed by atoms with van der Waals surface area (Å²) in [5, 5.41) is 2.46. The molecule has 1 aliphatic heterocycles. The van der Waals surface area contributed by atoms with Gasteiger partial charge < -0.3 is 10.2 Å². The lowest BCUT2D eigenvalue weighted by molar-refractivity contribution is -0.122. The highest BCUT2D eigenvalue weighted by atomic mass is 32.2. The van der Waals surface area contributed by atoms with E-state index in [4.69, 9.17) is 0 Å². The zero-order valence-corrected chi connectivity index (χ0v) is 19.1. The van der Waals surface area contributed by atoms with Gasteiger partial charge in [0.05, 0.1) is 10.1 Å². The zero-order chi connectivity index (χ0) is 22.4. The molecule has 31 heavy (non-hydrogen) atoms. The number of piperidine rings is 1. The van der Waals surface area contributed by atoms with Gasteiger partial charge >= 0.3 is 0 Å². The zero-order valence-electron chi connectivity index (χ0n) is 18.3. The van der Waals surface area contributed by atoms with Crippen LogP contribution in [0.1, 0.15) is 43.9 Å². The van der Waals surface area contributed by atoms with E-state index in [1.54, 1.807) is 37.3 Å². The van der Waals surface area contributed by atoms with Crippen LogP contribution in [-0.4, -0.2) is 43.7 Å². The summed E-state index contributed by atoms with van der Waals surface area (Å²) in [6.45, 7) is 9.07. The minimum atomic E-state index is -3.46. The van der Waals surface area contributed by atoms with Crippen molar-refractivity contribution >= 4 is 27.5 Å². The molecule has 1 saturated heterocycles. The molecule has 0 bridgehead atoms. The molecule has 7 heteroatoms. The van der Waals surface area contributed by atoms with E-state index in [2.05, 4.69) is 27.8 Å². The highest BCUT2D eigenvalue weighted by Gasteiger charge is 2.25. The topological polar surface area (TPSA) is 79.4 Å². The third-order valence-corrected chi connectivity index (χ3v) is 8.08. The molecule has 1 atom stereocenters. The third-order valence-electron chi connectivity index (χ3n) is 5.86. The monoisotopic (exact) mass is 441 g/mol. The standard InChI is InChI=1S/C24H31N3O3S/c1-4-20-6-8-23(9-7-20)31(29,30)19(3)5-10-24(28)26-21-12-15-27(16-13-21)22-11-14-25-18(2)17-22/h4,6-9,11,14,17,19,21H,1,5,10,12-13,15-16H2,2-3H3,(H,26,28). The summed E-state index contributed by atoms with van der Waals surface area (Å²) in [5.41, 5.74) is 3.03. The Hall–Kier alpha value is -2.67. The summed E-state index contributed by atoms with van der Waals surface area (Å²) in [7, 11) is -3.46. The number of amides is 1. The molecule has 166 valence electrons. The van der Waals surface area contributed by atoms with Crippen molar-refractivity contribution in [3.8, 4) is 0 Å². The Kier molecular flexibility index (Phi) is 7.49. The lowest BCUT2D eigenvalue weighted by Gasteiger charge is -2.34. The predicted octanol–water partition coefficient (Wildman–Crippen LogP) is 3.76. The van der Waals surface area contributed by atoms with Gasteiger partial charge in [-0.1, -0.05) is 24.8 Å². The highest BCUT2D eigenvalue weighted by Crippen LogP contribution is 2.22. The molecule has 0 saturated carbocycles. The minimum absolute atomic E-state index is 0.0812. The molecular weight excluding hydrogens is 410 g/mol. The van der Waals surface area contributed by atoms with Crippen molar-refractivity contribution in [3.05, 3.63) is 60.4 Å². The second-order valence-corrected chi connectivity index (χ2v) is 10.5. The number of sulfone groups is 1. The Labute approximate surface area is 185 Å². The Morgan fingerprint density at radius 1 is 1.26 bits per heavy atom. The fraction of sp³-hybridized carbons (Fsp3) is 0.417. The first kappa shape index (κ1) is 23.0. The molecule has 6 nitrogen and oxygen atoms in total. The summed E-state index contributed by atoms with van der Waals surface area (Å²) in [6.07, 6.45) is 5.74. The number of aryl methyl sites for hydroxylation is 1. The van der Waals surface area contributed by atoms with E-state index in [0.29, 0.717) is 6.42 Å². The lowest BCUT2D eigenvalue weighted by Crippen LogP contribution is -2.44. The van der Waals surface area contributed by atoms with Crippen LogP contribution in [0.15, 0.2) is 54.1 Å². The first-order valence-corrected chi connectivity index (χ1v) is 12.3. The number of carbonyl (C=O) groups is 1. The van der Waals surface area contributed by atoms with Gasteiger partial charge in [0.15, 0.2) is 9.84 Å². The molecule has 2 heterocycles. The molecule has 0 aliphatic carbocycles. The van der Waals surface area contributed by atoms with Gasteiger partial charge in [0.1, 0.15) is 0 Å². The maximum absolute atomic E-state index is 12.8. The maximum Gasteiger partial charge on any atom is 0.220 e. The lowest BCUT2D eigenvalue weighted by atomic mass is 10.0. The summed E-state index contributed by atoms with van der Waals surface area (Å²) < 4.78 is 25.5. The molecule has 1 aliphatic rings. The van der Waals surface area contributed by atoms with E-state index in [9.17, 15) is 13.2 Å². The van der Waals surface area contributed by atoms with Crippen LogP contribution in [0.25, 0.3) is 6.08 Å². The molecule has 1 aromatic heterocycles. The number of nitrogens with zero attached hydrogens (tertiary/aromatic N) is 2. The van der Waals surface area contributed by atoms with Crippen LogP contribution in [0.2, 0.25) is 0 Å². The fourth-order valence-corrected chi connectivity index (χ4v) is 5.23. The van der Waals surface area contributed by atoms with E-state index in [0.717, 1.165) is 42.9 Å². The molecular formula is C24H31N3O3S. The number of benzene rings is 1. The van der Waals surface area contributed by atoms with Gasteiger partial charge in [-0.15, -0.1) is 0 Å². The van der Waals surface area contributed by atoms with Gasteiger partial charge in [0.25, 0.3) is 0 Å². The van der Waals surface area contributed by atoms with Gasteiger partial charge in [-0.2, -0.15) is 0 Å². The van der Waals surface area contributed by atoms with E-state index < -0.39 is 15.1 Å². The molecule has 0 radical (unpaired) electrons. The molecule has 1 fully saturated rings. The van der Waals surface area contributed by atoms with Gasteiger partial charge in [-0.05, 0) is 62.9 Å². The summed E-state index contributed by atoms with van der Waals surface area (Å²) in [6, 6.07) is 10.9. The Bertz CT molecular complexity index is 1010. The molecule has 3 rings (SSSR count). The van der Waals surface area contributed by atoms with Crippen LogP contribution in [-0.2, 0) is 14.6 Å². The first-order chi connectivity index (χ1) is 14.8. The van der Waals surface area contributed by atoms with Crippen molar-refractivity contribution in [2.75, 3.05) is 18.0 Å². The summed E-state index contributed by atoms with van der Waals surface area (Å²) in [5.74, 6) is -0.0812. The number of rotatable bonds is 8. The van der Waals surface area contributed by atoms with Crippen molar-refractivity contribution in [2.45, 2.75) is 55.7 Å². The number of aromatic nitrogens is 1. The van der Waals surface area contributed by atoms with E-state index in [-0.39, 0.29) is 23.3 Å². The number of nitrogens with one attached hydrogen (secondary N) is 1. The van der Waals surface area contributed by atoms with Gasteiger partial charge in [0, 0.05) is 43.1 Å². The van der Waals surface area contributed by atoms with Crippen LogP contribution in [0, 0.1) is 6.92 Å². The Balaban J connectivity index is 1.46. The number of anilines is 1. The quantitative estimate of drug-likeness (QED) is 0.675. The van der Waals surface area contributed by atoms with Crippen LogP contribution < -0.4 is 10.2 Å². The Morgan fingerprint density at radius 2 is 1.94 bits per heavy atom. The van der Waals surface area contributed by atoms with Crippen molar-refractivity contribution < 1.29 is 13.2 Å². The highest BCUT2D eigenvalue weighted by molar-refractivity contribution is 7.92. The maximum atomic E-state index is 12.8. The molecule has 1 N–H and O–H groups in total. The van der Waals surface area contributed by atoms with Crippen molar-refractivity contribution in [3.63, 3.8) is 0 Å². The SMILES string of the molecule is C=Cc1ccc(S(=O)(=O)C(C)CCC(=O)NC2CCN(c3ccnc(C)c3)CC2)cc1. The summed E-state index contributed by atoms with van der Waals surface area (Å²) >= 11 is 0. The fourth-order valence-electron chi connectivity index (χ4n) is 3.82. The van der Waals surface area contributed by atoms with Gasteiger partial charge in [-0.25, -0.2) is 8.42 Å². The number of pyridine rings is 1. The second kappa shape index (κ2) is 10.1. The average Bonchev–Trinajstić information content (AvgIpc) is 2.78. The van der Waals surface area contributed by atoms with Crippen LogP contribution in [0.4, 0.5) is 5.69 Å². The van der Waals surface area contributed by atoms with E-state index in [1.165, 1.54) is 0 Å². The molecule has 1 amide bonds. The third kappa shape index (κ3) is 5.94. The number of carbonyl (C=O) groups excluding carboxylic acids is 1. The molecule has 0 spiro atoms.